The fourth-order valence-corrected chi connectivity index (χ4v) is 4.10. The molecule has 0 aliphatic heterocycles. The fourth-order valence-electron chi connectivity index (χ4n) is 4.10. The predicted octanol–water partition coefficient (Wildman–Crippen LogP) is 5.21. The van der Waals surface area contributed by atoms with Gasteiger partial charge in [-0.3, -0.25) is 0 Å². The zero-order chi connectivity index (χ0) is 20.1. The first kappa shape index (κ1) is 19.3. The van der Waals surface area contributed by atoms with Crippen molar-refractivity contribution in [3.8, 4) is 5.75 Å². The quantitative estimate of drug-likeness (QED) is 0.452. The van der Waals surface area contributed by atoms with E-state index in [9.17, 15) is 5.11 Å². The molecule has 3 heteroatoms. The third kappa shape index (κ3) is 4.06. The number of aliphatic hydroxyl groups is 1. The van der Waals surface area contributed by atoms with Crippen molar-refractivity contribution < 1.29 is 9.84 Å². The van der Waals surface area contributed by atoms with Crippen LogP contribution in [0.1, 0.15) is 34.9 Å². The number of aromatic nitrogens is 1. The number of hydrogen-bond donors (Lipinski definition) is 1. The highest BCUT2D eigenvalue weighted by Gasteiger charge is 2.20. The third-order valence-electron chi connectivity index (χ3n) is 5.41. The first-order valence-electron chi connectivity index (χ1n) is 10.3. The molecule has 0 amide bonds. The Balaban J connectivity index is 1.79. The van der Waals surface area contributed by atoms with E-state index in [2.05, 4.69) is 53.9 Å². The van der Waals surface area contributed by atoms with Gasteiger partial charge >= 0.3 is 0 Å². The lowest BCUT2D eigenvalue weighted by atomic mass is 10.0. The summed E-state index contributed by atoms with van der Waals surface area (Å²) < 4.78 is 8.51. The maximum atomic E-state index is 9.75. The molecule has 0 aliphatic rings. The summed E-state index contributed by atoms with van der Waals surface area (Å²) in [5.41, 5.74) is 7.31. The molecular formula is C26H27NO2. The summed E-state index contributed by atoms with van der Waals surface area (Å²) in [5.74, 6) is 0.869. The van der Waals surface area contributed by atoms with Crippen LogP contribution < -0.4 is 4.74 Å². The van der Waals surface area contributed by atoms with Gasteiger partial charge in [-0.25, -0.2) is 0 Å². The SMILES string of the molecule is CCc1c(CCO)c2c(OCc3ccccc3)cccn2c1Cc1ccccc1. The van der Waals surface area contributed by atoms with Crippen molar-refractivity contribution in [3.05, 3.63) is 107 Å². The fraction of sp³-hybridized carbons (Fsp3) is 0.231. The first-order valence-corrected chi connectivity index (χ1v) is 10.3. The smallest absolute Gasteiger partial charge is 0.144 e. The lowest BCUT2D eigenvalue weighted by Crippen LogP contribution is -2.00. The number of aliphatic hydroxyl groups excluding tert-OH is 1. The molecule has 0 radical (unpaired) electrons. The van der Waals surface area contributed by atoms with E-state index in [0.717, 1.165) is 29.7 Å². The van der Waals surface area contributed by atoms with E-state index in [1.54, 1.807) is 0 Å². The van der Waals surface area contributed by atoms with Crippen LogP contribution in [0.4, 0.5) is 0 Å². The molecule has 0 unspecified atom stereocenters. The molecule has 1 N–H and O–H groups in total. The summed E-state index contributed by atoms with van der Waals surface area (Å²) in [4.78, 5) is 0. The molecule has 2 aromatic carbocycles. The number of fused-ring (bicyclic) bond motifs is 1. The largest absolute Gasteiger partial charge is 0.487 e. The minimum absolute atomic E-state index is 0.129. The third-order valence-corrected chi connectivity index (χ3v) is 5.41. The summed E-state index contributed by atoms with van der Waals surface area (Å²) in [6, 6.07) is 24.8. The van der Waals surface area contributed by atoms with Crippen LogP contribution in [0.25, 0.3) is 5.52 Å². The topological polar surface area (TPSA) is 33.9 Å². The predicted molar refractivity (Wildman–Crippen MR) is 118 cm³/mol. The normalized spacial score (nSPS) is 11.1. The van der Waals surface area contributed by atoms with Gasteiger partial charge in [-0.05, 0) is 47.2 Å². The van der Waals surface area contributed by atoms with Gasteiger partial charge < -0.3 is 14.2 Å². The van der Waals surface area contributed by atoms with Crippen molar-refractivity contribution in [1.29, 1.82) is 0 Å². The van der Waals surface area contributed by atoms with E-state index in [1.165, 1.54) is 22.4 Å². The highest BCUT2D eigenvalue weighted by molar-refractivity contribution is 5.71. The van der Waals surface area contributed by atoms with E-state index in [4.69, 9.17) is 4.74 Å². The van der Waals surface area contributed by atoms with Crippen molar-refractivity contribution in [2.45, 2.75) is 32.8 Å². The second-order valence-corrected chi connectivity index (χ2v) is 7.26. The van der Waals surface area contributed by atoms with Crippen molar-refractivity contribution >= 4 is 5.52 Å². The zero-order valence-corrected chi connectivity index (χ0v) is 16.8. The minimum Gasteiger partial charge on any atom is -0.487 e. The van der Waals surface area contributed by atoms with Gasteiger partial charge in [0.05, 0.1) is 5.52 Å². The van der Waals surface area contributed by atoms with Crippen molar-refractivity contribution in [2.24, 2.45) is 0 Å². The Kier molecular flexibility index (Phi) is 5.97. The Hall–Kier alpha value is -3.04. The summed E-state index contributed by atoms with van der Waals surface area (Å²) in [6.07, 6.45) is 4.53. The van der Waals surface area contributed by atoms with Crippen molar-refractivity contribution in [3.63, 3.8) is 0 Å². The van der Waals surface area contributed by atoms with Crippen LogP contribution in [0.2, 0.25) is 0 Å². The molecule has 3 nitrogen and oxygen atoms in total. The molecule has 0 atom stereocenters. The Morgan fingerprint density at radius 1 is 0.828 bits per heavy atom. The maximum Gasteiger partial charge on any atom is 0.144 e. The number of ether oxygens (including phenoxy) is 1. The summed E-state index contributed by atoms with van der Waals surface area (Å²) in [5, 5.41) is 9.75. The average Bonchev–Trinajstić information content (AvgIpc) is 3.07. The molecule has 29 heavy (non-hydrogen) atoms. The van der Waals surface area contributed by atoms with Crippen LogP contribution in [0.5, 0.6) is 5.75 Å². The highest BCUT2D eigenvalue weighted by atomic mass is 16.5. The maximum absolute atomic E-state index is 9.75. The molecule has 2 heterocycles. The van der Waals surface area contributed by atoms with Crippen LogP contribution in [-0.4, -0.2) is 16.1 Å². The van der Waals surface area contributed by atoms with E-state index in [1.807, 2.05) is 36.4 Å². The van der Waals surface area contributed by atoms with Crippen LogP contribution in [0, 0.1) is 0 Å². The molecule has 4 rings (SSSR count). The number of hydrogen-bond acceptors (Lipinski definition) is 2. The van der Waals surface area contributed by atoms with Crippen molar-refractivity contribution in [1.82, 2.24) is 4.40 Å². The summed E-state index contributed by atoms with van der Waals surface area (Å²) in [6.45, 7) is 2.85. The molecule has 0 aliphatic carbocycles. The molecule has 4 aromatic rings. The van der Waals surface area contributed by atoms with E-state index >= 15 is 0 Å². The lowest BCUT2D eigenvalue weighted by molar-refractivity contribution is 0.298. The van der Waals surface area contributed by atoms with Gasteiger partial charge in [-0.2, -0.15) is 0 Å². The Labute approximate surface area is 172 Å². The van der Waals surface area contributed by atoms with Gasteiger partial charge in [0.15, 0.2) is 0 Å². The standard InChI is InChI=1S/C26H27NO2/c1-2-22-23(15-17-28)26-25(29-19-21-12-7-4-8-13-21)14-9-16-27(26)24(22)18-20-10-5-3-6-11-20/h3-14,16,28H,2,15,17-19H2,1H3. The van der Waals surface area contributed by atoms with Gasteiger partial charge in [0.2, 0.25) is 0 Å². The lowest BCUT2D eigenvalue weighted by Gasteiger charge is -2.11. The van der Waals surface area contributed by atoms with Crippen LogP contribution in [-0.2, 0) is 25.9 Å². The first-order chi connectivity index (χ1) is 14.3. The number of rotatable bonds is 8. The molecule has 148 valence electrons. The van der Waals surface area contributed by atoms with Gasteiger partial charge in [-0.15, -0.1) is 0 Å². The van der Waals surface area contributed by atoms with Gasteiger partial charge in [0, 0.05) is 24.9 Å². The Morgan fingerprint density at radius 3 is 2.17 bits per heavy atom. The molecule has 0 fully saturated rings. The van der Waals surface area contributed by atoms with Gasteiger partial charge in [0.1, 0.15) is 12.4 Å². The molecule has 2 aromatic heterocycles. The molecule has 0 spiro atoms. The number of benzene rings is 2. The van der Waals surface area contributed by atoms with Gasteiger partial charge in [-0.1, -0.05) is 67.6 Å². The molecule has 0 bridgehead atoms. The zero-order valence-electron chi connectivity index (χ0n) is 16.8. The second-order valence-electron chi connectivity index (χ2n) is 7.26. The van der Waals surface area contributed by atoms with Gasteiger partial charge in [0.25, 0.3) is 0 Å². The summed E-state index contributed by atoms with van der Waals surface area (Å²) in [7, 11) is 0. The minimum atomic E-state index is 0.129. The van der Waals surface area contributed by atoms with Crippen LogP contribution in [0.3, 0.4) is 0 Å². The van der Waals surface area contributed by atoms with E-state index in [0.29, 0.717) is 13.0 Å². The average molecular weight is 386 g/mol. The number of pyridine rings is 1. The number of nitrogens with zero attached hydrogens (tertiary/aromatic N) is 1. The van der Waals surface area contributed by atoms with Crippen molar-refractivity contribution in [2.75, 3.05) is 6.61 Å². The van der Waals surface area contributed by atoms with E-state index < -0.39 is 0 Å². The monoisotopic (exact) mass is 385 g/mol. The molecular weight excluding hydrogens is 358 g/mol. The molecule has 0 saturated heterocycles. The Bertz CT molecular complexity index is 1070. The second kappa shape index (κ2) is 8.97. The molecule has 0 saturated carbocycles. The Morgan fingerprint density at radius 2 is 1.52 bits per heavy atom. The van der Waals surface area contributed by atoms with Crippen LogP contribution >= 0.6 is 0 Å². The van der Waals surface area contributed by atoms with Crippen LogP contribution in [0.15, 0.2) is 79.0 Å². The summed E-state index contributed by atoms with van der Waals surface area (Å²) >= 11 is 0. The van der Waals surface area contributed by atoms with E-state index in [-0.39, 0.29) is 6.61 Å². The highest BCUT2D eigenvalue weighted by Crippen LogP contribution is 2.33.